The van der Waals surface area contributed by atoms with E-state index < -0.39 is 23.8 Å². The van der Waals surface area contributed by atoms with Crippen LogP contribution in [0.25, 0.3) is 6.08 Å². The van der Waals surface area contributed by atoms with Crippen molar-refractivity contribution in [3.63, 3.8) is 0 Å². The molecule has 0 bridgehead atoms. The normalized spacial score (nSPS) is 17.4. The molecule has 20 heavy (non-hydrogen) atoms. The molecule has 1 atom stereocenters. The van der Waals surface area contributed by atoms with E-state index >= 15 is 0 Å². The Kier molecular flexibility index (Phi) is 4.94. The van der Waals surface area contributed by atoms with Gasteiger partial charge in [0.25, 0.3) is 0 Å². The second-order valence-corrected chi connectivity index (χ2v) is 4.44. The predicted octanol–water partition coefficient (Wildman–Crippen LogP) is 2.45. The molecule has 0 amide bonds. The number of carboxylic acids is 1. The van der Waals surface area contributed by atoms with Gasteiger partial charge in [-0.1, -0.05) is 11.6 Å². The number of benzene rings is 1. The number of hydrogen-bond acceptors (Lipinski definition) is 2. The van der Waals surface area contributed by atoms with Gasteiger partial charge in [-0.05, 0) is 31.6 Å². The Morgan fingerprint density at radius 3 is 2.40 bits per heavy atom. The molecular formula is C13H12F3NaO3. The van der Waals surface area contributed by atoms with Crippen LogP contribution in [0.3, 0.4) is 0 Å². The zero-order valence-corrected chi connectivity index (χ0v) is 10.2. The van der Waals surface area contributed by atoms with Gasteiger partial charge in [-0.25, -0.2) is 4.79 Å². The molecule has 1 N–H and O–H groups in total. The second-order valence-electron chi connectivity index (χ2n) is 4.44. The summed E-state index contributed by atoms with van der Waals surface area (Å²) in [6.45, 7) is 3.40. The molecule has 0 unspecified atom stereocenters. The molecule has 7 heteroatoms. The van der Waals surface area contributed by atoms with Crippen LogP contribution in [0, 0.1) is 13.8 Å². The van der Waals surface area contributed by atoms with Crippen LogP contribution in [0.15, 0.2) is 17.7 Å². The Bertz CT molecular complexity index is 579. The summed E-state index contributed by atoms with van der Waals surface area (Å²) < 4.78 is 43.4. The van der Waals surface area contributed by atoms with Crippen LogP contribution in [-0.4, -0.2) is 52.9 Å². The fourth-order valence-electron chi connectivity index (χ4n) is 2.10. The molecule has 1 aliphatic heterocycles. The van der Waals surface area contributed by atoms with Gasteiger partial charge < -0.3 is 9.84 Å². The average Bonchev–Trinajstić information content (AvgIpc) is 2.25. The Morgan fingerprint density at radius 1 is 1.30 bits per heavy atom. The summed E-state index contributed by atoms with van der Waals surface area (Å²) in [5.41, 5.74) is 0.927. The number of alkyl halides is 3. The summed E-state index contributed by atoms with van der Waals surface area (Å²) in [6, 6.07) is 3.28. The third-order valence-electron chi connectivity index (χ3n) is 2.82. The van der Waals surface area contributed by atoms with Gasteiger partial charge in [0.15, 0.2) is 0 Å². The molecule has 0 saturated heterocycles. The number of ether oxygens (including phenoxy) is 1. The van der Waals surface area contributed by atoms with Crippen LogP contribution < -0.4 is 4.74 Å². The summed E-state index contributed by atoms with van der Waals surface area (Å²) >= 11 is 0. The minimum absolute atomic E-state index is 0. The Balaban J connectivity index is 0.00000200. The summed E-state index contributed by atoms with van der Waals surface area (Å²) in [5.74, 6) is -1.55. The number of halogens is 3. The van der Waals surface area contributed by atoms with Gasteiger partial charge in [0.2, 0.25) is 6.10 Å². The molecule has 0 aliphatic carbocycles. The first-order chi connectivity index (χ1) is 8.70. The predicted molar refractivity (Wildman–Crippen MR) is 69.1 cm³/mol. The van der Waals surface area contributed by atoms with Gasteiger partial charge in [0, 0.05) is 5.56 Å². The molecule has 0 radical (unpaired) electrons. The van der Waals surface area contributed by atoms with Crippen LogP contribution in [0.4, 0.5) is 13.2 Å². The van der Waals surface area contributed by atoms with E-state index in [1.165, 1.54) is 0 Å². The van der Waals surface area contributed by atoms with Gasteiger partial charge in [-0.15, -0.1) is 0 Å². The minimum atomic E-state index is -4.76. The average molecular weight is 296 g/mol. The van der Waals surface area contributed by atoms with Gasteiger partial charge in [-0.2, -0.15) is 13.2 Å². The van der Waals surface area contributed by atoms with Crippen LogP contribution in [0.5, 0.6) is 5.75 Å². The summed E-state index contributed by atoms with van der Waals surface area (Å²) in [4.78, 5) is 10.9. The molecular weight excluding hydrogens is 284 g/mol. The molecule has 0 saturated carbocycles. The van der Waals surface area contributed by atoms with E-state index in [2.05, 4.69) is 0 Å². The Hall–Kier alpha value is -0.980. The summed E-state index contributed by atoms with van der Waals surface area (Å²) in [6.07, 6.45) is -6.17. The van der Waals surface area contributed by atoms with E-state index in [-0.39, 0.29) is 35.3 Å². The zero-order valence-electron chi connectivity index (χ0n) is 10.2. The Labute approximate surface area is 135 Å². The van der Waals surface area contributed by atoms with Crippen molar-refractivity contribution in [1.82, 2.24) is 0 Å². The van der Waals surface area contributed by atoms with E-state index in [0.29, 0.717) is 11.1 Å². The monoisotopic (exact) mass is 296 g/mol. The van der Waals surface area contributed by atoms with Gasteiger partial charge in [0.1, 0.15) is 5.75 Å². The first-order valence-corrected chi connectivity index (χ1v) is 5.49. The maximum absolute atomic E-state index is 12.8. The van der Waals surface area contributed by atoms with Crippen molar-refractivity contribution in [3.8, 4) is 5.75 Å². The fraction of sp³-hybridized carbons (Fsp3) is 0.308. The van der Waals surface area contributed by atoms with Crippen molar-refractivity contribution in [3.05, 3.63) is 34.4 Å². The molecule has 1 aromatic carbocycles. The van der Waals surface area contributed by atoms with E-state index in [1.807, 2.05) is 0 Å². The van der Waals surface area contributed by atoms with Crippen molar-refractivity contribution in [2.45, 2.75) is 26.1 Å². The van der Waals surface area contributed by atoms with Gasteiger partial charge >= 0.3 is 41.7 Å². The quantitative estimate of drug-likeness (QED) is 0.810. The van der Waals surface area contributed by atoms with E-state index in [1.54, 1.807) is 26.0 Å². The second kappa shape index (κ2) is 5.79. The third-order valence-corrected chi connectivity index (χ3v) is 2.82. The molecule has 0 spiro atoms. The number of aryl methyl sites for hydroxylation is 2. The Morgan fingerprint density at radius 2 is 1.90 bits per heavy atom. The van der Waals surface area contributed by atoms with Gasteiger partial charge in [0.05, 0.1) is 5.57 Å². The number of rotatable bonds is 1. The standard InChI is InChI=1S/C13H11F3O3.Na.H/c1-6-3-7(2)10-8(4-6)5-9(12(17)18)11(19-10)13(14,15)16;;/h3-5,11H,1-2H3,(H,17,18);;/t11-;;/m0../s1. The number of hydrogen-bond donors (Lipinski definition) is 1. The van der Waals surface area contributed by atoms with E-state index in [0.717, 1.165) is 11.6 Å². The van der Waals surface area contributed by atoms with Crippen LogP contribution in [-0.2, 0) is 4.79 Å². The van der Waals surface area contributed by atoms with Crippen LogP contribution >= 0.6 is 0 Å². The molecule has 1 heterocycles. The molecule has 0 aromatic heterocycles. The first-order valence-electron chi connectivity index (χ1n) is 5.49. The molecule has 1 aliphatic rings. The number of aliphatic carboxylic acids is 1. The topological polar surface area (TPSA) is 46.5 Å². The maximum atomic E-state index is 12.8. The van der Waals surface area contributed by atoms with Crippen molar-refractivity contribution in [2.75, 3.05) is 0 Å². The number of carbonyl (C=O) groups is 1. The van der Waals surface area contributed by atoms with Crippen molar-refractivity contribution < 1.29 is 27.8 Å². The number of fused-ring (bicyclic) bond motifs is 1. The zero-order chi connectivity index (χ0) is 14.4. The first kappa shape index (κ1) is 17.1. The van der Waals surface area contributed by atoms with Crippen molar-refractivity contribution in [1.29, 1.82) is 0 Å². The van der Waals surface area contributed by atoms with Crippen LogP contribution in [0.2, 0.25) is 0 Å². The number of carboxylic acid groups (broad SMARTS) is 1. The van der Waals surface area contributed by atoms with Crippen molar-refractivity contribution >= 4 is 41.6 Å². The third kappa shape index (κ3) is 3.19. The van der Waals surface area contributed by atoms with E-state index in [4.69, 9.17) is 9.84 Å². The molecule has 0 fully saturated rings. The summed E-state index contributed by atoms with van der Waals surface area (Å²) in [7, 11) is 0. The molecule has 104 valence electrons. The SMILES string of the molecule is Cc1cc(C)c2c(c1)C=C(C(=O)O)[C@@H](C(F)(F)F)O2.[NaH]. The van der Waals surface area contributed by atoms with Gasteiger partial charge in [-0.3, -0.25) is 0 Å². The fourth-order valence-corrected chi connectivity index (χ4v) is 2.10. The van der Waals surface area contributed by atoms with Crippen LogP contribution in [0.1, 0.15) is 16.7 Å². The van der Waals surface area contributed by atoms with E-state index in [9.17, 15) is 18.0 Å². The molecule has 1 aromatic rings. The molecule has 2 rings (SSSR count). The van der Waals surface area contributed by atoms with Crippen molar-refractivity contribution in [2.24, 2.45) is 0 Å². The molecule has 3 nitrogen and oxygen atoms in total. The summed E-state index contributed by atoms with van der Waals surface area (Å²) in [5, 5.41) is 8.89.